The van der Waals surface area contributed by atoms with Gasteiger partial charge in [-0.1, -0.05) is 12.1 Å². The molecule has 0 bridgehead atoms. The zero-order valence-electron chi connectivity index (χ0n) is 13.5. The number of amides is 2. The lowest BCUT2D eigenvalue weighted by Gasteiger charge is -2.36. The van der Waals surface area contributed by atoms with Gasteiger partial charge < -0.3 is 19.9 Å². The van der Waals surface area contributed by atoms with Gasteiger partial charge in [0.2, 0.25) is 0 Å². The van der Waals surface area contributed by atoms with Crippen LogP contribution in [0.2, 0.25) is 0 Å². The van der Waals surface area contributed by atoms with Crippen LogP contribution in [-0.2, 0) is 0 Å². The number of urea groups is 1. The Kier molecular flexibility index (Phi) is 4.84. The third kappa shape index (κ3) is 3.59. The zero-order valence-corrected chi connectivity index (χ0v) is 13.5. The Balaban J connectivity index is 1.56. The van der Waals surface area contributed by atoms with E-state index >= 15 is 0 Å². The summed E-state index contributed by atoms with van der Waals surface area (Å²) < 4.78 is 18.8. The number of para-hydroxylation sites is 1. The maximum Gasteiger partial charge on any atom is 0.322 e. The highest BCUT2D eigenvalue weighted by molar-refractivity contribution is 5.89. The molecule has 1 aliphatic rings. The molecule has 1 N–H and O–H groups in total. The van der Waals surface area contributed by atoms with Gasteiger partial charge in [0, 0.05) is 31.9 Å². The summed E-state index contributed by atoms with van der Waals surface area (Å²) in [5.41, 5.74) is 1.31. The largest absolute Gasteiger partial charge is 0.497 e. The molecule has 1 fully saturated rings. The molecule has 1 saturated heterocycles. The molecule has 2 aromatic rings. The van der Waals surface area contributed by atoms with Crippen molar-refractivity contribution in [2.24, 2.45) is 0 Å². The molecule has 1 aliphatic heterocycles. The normalized spacial score (nSPS) is 14.4. The average Bonchev–Trinajstić information content (AvgIpc) is 2.64. The molecule has 0 aliphatic carbocycles. The van der Waals surface area contributed by atoms with E-state index in [-0.39, 0.29) is 11.7 Å². The lowest BCUT2D eigenvalue weighted by molar-refractivity contribution is 0.208. The molecule has 24 heavy (non-hydrogen) atoms. The predicted octanol–water partition coefficient (Wildman–Crippen LogP) is 3.19. The fourth-order valence-electron chi connectivity index (χ4n) is 2.72. The second-order valence-electron chi connectivity index (χ2n) is 5.58. The van der Waals surface area contributed by atoms with Crippen molar-refractivity contribution in [1.82, 2.24) is 4.90 Å². The molecule has 6 heteroatoms. The van der Waals surface area contributed by atoms with E-state index in [1.165, 1.54) is 6.07 Å². The summed E-state index contributed by atoms with van der Waals surface area (Å²) in [5, 5.41) is 2.63. The Labute approximate surface area is 140 Å². The van der Waals surface area contributed by atoms with Gasteiger partial charge in [-0.25, -0.2) is 9.18 Å². The smallest absolute Gasteiger partial charge is 0.322 e. The number of nitrogens with one attached hydrogen (secondary N) is 1. The molecule has 5 nitrogen and oxygen atoms in total. The van der Waals surface area contributed by atoms with Gasteiger partial charge in [-0.2, -0.15) is 0 Å². The van der Waals surface area contributed by atoms with Crippen LogP contribution in [-0.4, -0.2) is 44.2 Å². The van der Waals surface area contributed by atoms with Crippen LogP contribution in [0.25, 0.3) is 0 Å². The number of piperazine rings is 1. The SMILES string of the molecule is COc1ccc(N2CCN(C(=O)Nc3ccccc3F)CC2)cc1. The first kappa shape index (κ1) is 16.1. The summed E-state index contributed by atoms with van der Waals surface area (Å²) in [6.45, 7) is 2.65. The van der Waals surface area contributed by atoms with E-state index in [9.17, 15) is 9.18 Å². The van der Waals surface area contributed by atoms with E-state index in [1.54, 1.807) is 30.2 Å². The van der Waals surface area contributed by atoms with Crippen LogP contribution in [0.15, 0.2) is 48.5 Å². The number of methoxy groups -OCH3 is 1. The highest BCUT2D eigenvalue weighted by Crippen LogP contribution is 2.21. The third-order valence-electron chi connectivity index (χ3n) is 4.12. The van der Waals surface area contributed by atoms with Crippen LogP contribution < -0.4 is 15.0 Å². The van der Waals surface area contributed by atoms with Crippen LogP contribution in [0.1, 0.15) is 0 Å². The number of hydrogen-bond donors (Lipinski definition) is 1. The van der Waals surface area contributed by atoms with E-state index in [0.29, 0.717) is 13.1 Å². The van der Waals surface area contributed by atoms with Crippen molar-refractivity contribution in [3.05, 3.63) is 54.3 Å². The number of hydrogen-bond acceptors (Lipinski definition) is 3. The molecule has 0 saturated carbocycles. The van der Waals surface area contributed by atoms with E-state index in [0.717, 1.165) is 24.5 Å². The summed E-state index contributed by atoms with van der Waals surface area (Å²) in [6.07, 6.45) is 0. The predicted molar refractivity (Wildman–Crippen MR) is 92.2 cm³/mol. The lowest BCUT2D eigenvalue weighted by Crippen LogP contribution is -2.50. The van der Waals surface area contributed by atoms with Crippen LogP contribution in [0.5, 0.6) is 5.75 Å². The number of anilines is 2. The summed E-state index contributed by atoms with van der Waals surface area (Å²) in [4.78, 5) is 16.2. The van der Waals surface area contributed by atoms with Crippen molar-refractivity contribution in [2.75, 3.05) is 43.5 Å². The Hall–Kier alpha value is -2.76. The number of carbonyl (C=O) groups excluding carboxylic acids is 1. The average molecular weight is 329 g/mol. The molecule has 126 valence electrons. The Bertz CT molecular complexity index is 698. The third-order valence-corrected chi connectivity index (χ3v) is 4.12. The maximum absolute atomic E-state index is 13.6. The molecule has 0 aromatic heterocycles. The number of carbonyl (C=O) groups is 1. The number of ether oxygens (including phenoxy) is 1. The second kappa shape index (κ2) is 7.21. The molecular weight excluding hydrogens is 309 g/mol. The van der Waals surface area contributed by atoms with Crippen molar-refractivity contribution < 1.29 is 13.9 Å². The van der Waals surface area contributed by atoms with Crippen molar-refractivity contribution >= 4 is 17.4 Å². The first-order chi connectivity index (χ1) is 11.7. The molecule has 3 rings (SSSR count). The van der Waals surface area contributed by atoms with E-state index in [4.69, 9.17) is 4.74 Å². The zero-order chi connectivity index (χ0) is 16.9. The molecule has 0 unspecified atom stereocenters. The van der Waals surface area contributed by atoms with Gasteiger partial charge in [0.1, 0.15) is 11.6 Å². The Morgan fingerprint density at radius 2 is 1.71 bits per heavy atom. The van der Waals surface area contributed by atoms with Crippen LogP contribution in [0.4, 0.5) is 20.6 Å². The van der Waals surface area contributed by atoms with Crippen molar-refractivity contribution in [1.29, 1.82) is 0 Å². The monoisotopic (exact) mass is 329 g/mol. The quantitative estimate of drug-likeness (QED) is 0.940. The van der Waals surface area contributed by atoms with Crippen molar-refractivity contribution in [2.45, 2.75) is 0 Å². The first-order valence-electron chi connectivity index (χ1n) is 7.87. The Morgan fingerprint density at radius 1 is 1.04 bits per heavy atom. The van der Waals surface area contributed by atoms with Crippen molar-refractivity contribution in [3.8, 4) is 5.75 Å². The number of nitrogens with zero attached hydrogens (tertiary/aromatic N) is 2. The molecule has 2 amide bonds. The van der Waals surface area contributed by atoms with Gasteiger partial charge in [0.15, 0.2) is 0 Å². The summed E-state index contributed by atoms with van der Waals surface area (Å²) in [7, 11) is 1.64. The lowest BCUT2D eigenvalue weighted by atomic mass is 10.2. The fraction of sp³-hybridized carbons (Fsp3) is 0.278. The van der Waals surface area contributed by atoms with Gasteiger partial charge in [-0.15, -0.1) is 0 Å². The number of halogens is 1. The molecule has 0 radical (unpaired) electrons. The molecule has 0 spiro atoms. The van der Waals surface area contributed by atoms with Gasteiger partial charge in [0.25, 0.3) is 0 Å². The minimum absolute atomic E-state index is 0.208. The van der Waals surface area contributed by atoms with Crippen LogP contribution >= 0.6 is 0 Å². The summed E-state index contributed by atoms with van der Waals surface area (Å²) >= 11 is 0. The maximum atomic E-state index is 13.6. The molecule has 0 atom stereocenters. The fourth-order valence-corrected chi connectivity index (χ4v) is 2.72. The van der Waals surface area contributed by atoms with E-state index in [1.807, 2.05) is 24.3 Å². The van der Waals surface area contributed by atoms with Crippen LogP contribution in [0.3, 0.4) is 0 Å². The van der Waals surface area contributed by atoms with E-state index in [2.05, 4.69) is 10.2 Å². The minimum Gasteiger partial charge on any atom is -0.497 e. The van der Waals surface area contributed by atoms with Gasteiger partial charge in [0.05, 0.1) is 12.8 Å². The highest BCUT2D eigenvalue weighted by Gasteiger charge is 2.21. The number of rotatable bonds is 3. The van der Waals surface area contributed by atoms with Gasteiger partial charge in [-0.3, -0.25) is 0 Å². The Morgan fingerprint density at radius 3 is 2.33 bits per heavy atom. The number of benzene rings is 2. The topological polar surface area (TPSA) is 44.8 Å². The van der Waals surface area contributed by atoms with Gasteiger partial charge in [-0.05, 0) is 36.4 Å². The summed E-state index contributed by atoms with van der Waals surface area (Å²) in [6, 6.07) is 13.8. The second-order valence-corrected chi connectivity index (χ2v) is 5.58. The molecular formula is C18H20FN3O2. The first-order valence-corrected chi connectivity index (χ1v) is 7.87. The van der Waals surface area contributed by atoms with Gasteiger partial charge >= 0.3 is 6.03 Å². The molecule has 1 heterocycles. The molecule has 2 aromatic carbocycles. The highest BCUT2D eigenvalue weighted by atomic mass is 19.1. The summed E-state index contributed by atoms with van der Waals surface area (Å²) in [5.74, 6) is 0.393. The van der Waals surface area contributed by atoms with Crippen LogP contribution in [0, 0.1) is 5.82 Å². The van der Waals surface area contributed by atoms with E-state index < -0.39 is 5.82 Å². The minimum atomic E-state index is -0.428. The standard InChI is InChI=1S/C18H20FN3O2/c1-24-15-8-6-14(7-9-15)21-10-12-22(13-11-21)18(23)20-17-5-3-2-4-16(17)19/h2-9H,10-13H2,1H3,(H,20,23). The van der Waals surface area contributed by atoms with Crippen molar-refractivity contribution in [3.63, 3.8) is 0 Å².